The van der Waals surface area contributed by atoms with Crippen molar-refractivity contribution >= 4 is 27.3 Å². The van der Waals surface area contributed by atoms with Crippen molar-refractivity contribution in [3.05, 3.63) is 16.3 Å². The normalized spacial score (nSPS) is 17.7. The Morgan fingerprint density at radius 3 is 2.73 bits per heavy atom. The van der Waals surface area contributed by atoms with E-state index in [0.717, 1.165) is 43.3 Å². The highest BCUT2D eigenvalue weighted by Gasteiger charge is 2.19. The van der Waals surface area contributed by atoms with E-state index in [0.29, 0.717) is 6.54 Å². The molecule has 1 aromatic heterocycles. The summed E-state index contributed by atoms with van der Waals surface area (Å²) in [5, 5.41) is 10.2. The van der Waals surface area contributed by atoms with Gasteiger partial charge in [-0.1, -0.05) is 6.92 Å². The molecule has 2 rings (SSSR count). The van der Waals surface area contributed by atoms with Gasteiger partial charge in [-0.05, 0) is 50.9 Å². The molecule has 1 saturated heterocycles. The summed E-state index contributed by atoms with van der Waals surface area (Å²) < 4.78 is 26.6. The van der Waals surface area contributed by atoms with Crippen LogP contribution in [0.2, 0.25) is 0 Å². The van der Waals surface area contributed by atoms with Crippen molar-refractivity contribution in [2.45, 2.75) is 31.1 Å². The van der Waals surface area contributed by atoms with Gasteiger partial charge in [0.2, 0.25) is 10.0 Å². The fraction of sp³-hybridized carbons (Fsp3) is 0.643. The minimum atomic E-state index is -3.61. The van der Waals surface area contributed by atoms with Gasteiger partial charge in [-0.3, -0.25) is 0 Å². The standard InChI is InChI=1S/C14H22N2O4S2/c1-11-3-7-16(8-4-11)6-2-5-15-22(19,20)12-9-13(14(17)18)21-10-12/h9-11,15H,2-8H2,1H3,(H,17,18). The molecule has 0 spiro atoms. The highest BCUT2D eigenvalue weighted by Crippen LogP contribution is 2.19. The molecule has 1 aliphatic heterocycles. The van der Waals surface area contributed by atoms with Crippen LogP contribution in [-0.4, -0.2) is 50.6 Å². The smallest absolute Gasteiger partial charge is 0.345 e. The molecule has 22 heavy (non-hydrogen) atoms. The molecule has 0 radical (unpaired) electrons. The largest absolute Gasteiger partial charge is 0.477 e. The molecule has 0 aliphatic carbocycles. The summed E-state index contributed by atoms with van der Waals surface area (Å²) in [6.07, 6.45) is 3.17. The first-order chi connectivity index (χ1) is 10.4. The average Bonchev–Trinajstić information content (AvgIpc) is 2.96. The quantitative estimate of drug-likeness (QED) is 0.736. The van der Waals surface area contributed by atoms with E-state index in [4.69, 9.17) is 5.11 Å². The molecule has 0 saturated carbocycles. The van der Waals surface area contributed by atoms with E-state index in [9.17, 15) is 13.2 Å². The number of likely N-dealkylation sites (tertiary alicyclic amines) is 1. The van der Waals surface area contributed by atoms with Crippen molar-refractivity contribution in [1.29, 1.82) is 0 Å². The van der Waals surface area contributed by atoms with E-state index >= 15 is 0 Å². The molecule has 0 amide bonds. The van der Waals surface area contributed by atoms with Gasteiger partial charge in [0.15, 0.2) is 0 Å². The molecular weight excluding hydrogens is 324 g/mol. The van der Waals surface area contributed by atoms with Crippen LogP contribution >= 0.6 is 11.3 Å². The number of hydrogen-bond acceptors (Lipinski definition) is 5. The molecular formula is C14H22N2O4S2. The maximum Gasteiger partial charge on any atom is 0.345 e. The van der Waals surface area contributed by atoms with E-state index in [1.807, 2.05) is 0 Å². The van der Waals surface area contributed by atoms with Crippen molar-refractivity contribution in [2.75, 3.05) is 26.2 Å². The Morgan fingerprint density at radius 2 is 2.14 bits per heavy atom. The molecule has 1 aromatic rings. The fourth-order valence-corrected chi connectivity index (χ4v) is 4.64. The number of sulfonamides is 1. The molecule has 0 unspecified atom stereocenters. The SMILES string of the molecule is CC1CCN(CCCNS(=O)(=O)c2csc(C(=O)O)c2)CC1. The third-order valence-electron chi connectivity index (χ3n) is 3.92. The molecule has 124 valence electrons. The zero-order valence-electron chi connectivity index (χ0n) is 12.6. The Labute approximate surface area is 135 Å². The Balaban J connectivity index is 1.76. The number of hydrogen-bond donors (Lipinski definition) is 2. The molecule has 0 bridgehead atoms. The molecule has 0 aromatic carbocycles. The fourth-order valence-electron chi connectivity index (χ4n) is 2.45. The highest BCUT2D eigenvalue weighted by atomic mass is 32.2. The molecule has 0 atom stereocenters. The molecule has 2 N–H and O–H groups in total. The third kappa shape index (κ3) is 4.77. The minimum Gasteiger partial charge on any atom is -0.477 e. The van der Waals surface area contributed by atoms with Crippen LogP contribution in [0.3, 0.4) is 0 Å². The first-order valence-electron chi connectivity index (χ1n) is 7.42. The van der Waals surface area contributed by atoms with Crippen LogP contribution in [0, 0.1) is 5.92 Å². The van der Waals surface area contributed by atoms with E-state index in [2.05, 4.69) is 16.5 Å². The number of carboxylic acids is 1. The summed E-state index contributed by atoms with van der Waals surface area (Å²) >= 11 is 0.920. The van der Waals surface area contributed by atoms with Crippen LogP contribution in [0.25, 0.3) is 0 Å². The Morgan fingerprint density at radius 1 is 1.45 bits per heavy atom. The van der Waals surface area contributed by atoms with Crippen molar-refractivity contribution in [3.63, 3.8) is 0 Å². The summed E-state index contributed by atoms with van der Waals surface area (Å²) in [4.78, 5) is 13.2. The Kier molecular flexibility index (Phi) is 5.96. The van der Waals surface area contributed by atoms with Crippen LogP contribution in [0.5, 0.6) is 0 Å². The van der Waals surface area contributed by atoms with Crippen LogP contribution in [0.4, 0.5) is 0 Å². The Bertz CT molecular complexity index is 604. The number of nitrogens with zero attached hydrogens (tertiary/aromatic N) is 1. The average molecular weight is 346 g/mol. The van der Waals surface area contributed by atoms with Gasteiger partial charge < -0.3 is 10.0 Å². The lowest BCUT2D eigenvalue weighted by atomic mass is 9.99. The number of thiophene rings is 1. The lowest BCUT2D eigenvalue weighted by Gasteiger charge is -2.30. The van der Waals surface area contributed by atoms with E-state index < -0.39 is 16.0 Å². The zero-order valence-corrected chi connectivity index (χ0v) is 14.3. The van der Waals surface area contributed by atoms with Crippen LogP contribution < -0.4 is 4.72 Å². The monoisotopic (exact) mass is 346 g/mol. The maximum absolute atomic E-state index is 12.1. The lowest BCUT2D eigenvalue weighted by Crippen LogP contribution is -2.35. The highest BCUT2D eigenvalue weighted by molar-refractivity contribution is 7.89. The van der Waals surface area contributed by atoms with Crippen LogP contribution in [0.15, 0.2) is 16.3 Å². The third-order valence-corrected chi connectivity index (χ3v) is 6.42. The topological polar surface area (TPSA) is 86.7 Å². The van der Waals surface area contributed by atoms with Crippen LogP contribution in [-0.2, 0) is 10.0 Å². The van der Waals surface area contributed by atoms with Gasteiger partial charge in [-0.2, -0.15) is 0 Å². The first kappa shape index (κ1) is 17.4. The van der Waals surface area contributed by atoms with E-state index in [1.54, 1.807) is 0 Å². The van der Waals surface area contributed by atoms with E-state index in [1.165, 1.54) is 24.3 Å². The maximum atomic E-state index is 12.1. The van der Waals surface area contributed by atoms with Gasteiger partial charge in [0, 0.05) is 11.9 Å². The molecule has 1 fully saturated rings. The number of carbonyl (C=O) groups is 1. The lowest BCUT2D eigenvalue weighted by molar-refractivity contribution is 0.0702. The van der Waals surface area contributed by atoms with Crippen molar-refractivity contribution < 1.29 is 18.3 Å². The van der Waals surface area contributed by atoms with Gasteiger partial charge in [0.25, 0.3) is 0 Å². The number of aromatic carboxylic acids is 1. The second kappa shape index (κ2) is 7.54. The number of piperidine rings is 1. The molecule has 8 heteroatoms. The summed E-state index contributed by atoms with van der Waals surface area (Å²) in [5.74, 6) is -0.317. The molecule has 2 heterocycles. The van der Waals surface area contributed by atoms with Gasteiger partial charge in [-0.25, -0.2) is 17.9 Å². The van der Waals surface area contributed by atoms with Gasteiger partial charge in [0.05, 0.1) is 4.90 Å². The zero-order chi connectivity index (χ0) is 16.2. The minimum absolute atomic E-state index is 0.0293. The van der Waals surface area contributed by atoms with Crippen LogP contribution in [0.1, 0.15) is 35.9 Å². The number of rotatable bonds is 7. The van der Waals surface area contributed by atoms with Crippen molar-refractivity contribution in [3.8, 4) is 0 Å². The van der Waals surface area contributed by atoms with E-state index in [-0.39, 0.29) is 9.77 Å². The van der Waals surface area contributed by atoms with Gasteiger partial charge in [0.1, 0.15) is 4.88 Å². The number of carboxylic acid groups (broad SMARTS) is 1. The molecule has 6 nitrogen and oxygen atoms in total. The second-order valence-corrected chi connectivity index (χ2v) is 8.41. The first-order valence-corrected chi connectivity index (χ1v) is 9.78. The van der Waals surface area contributed by atoms with Crippen molar-refractivity contribution in [1.82, 2.24) is 9.62 Å². The summed E-state index contributed by atoms with van der Waals surface area (Å²) in [7, 11) is -3.61. The van der Waals surface area contributed by atoms with Crippen molar-refractivity contribution in [2.24, 2.45) is 5.92 Å². The Hall–Kier alpha value is -0.960. The number of nitrogens with one attached hydrogen (secondary N) is 1. The predicted octanol–water partition coefficient (Wildman–Crippen LogP) is 1.85. The summed E-state index contributed by atoms with van der Waals surface area (Å²) in [6.45, 7) is 5.68. The summed E-state index contributed by atoms with van der Waals surface area (Å²) in [6, 6.07) is 1.20. The van der Waals surface area contributed by atoms with Gasteiger partial charge >= 0.3 is 5.97 Å². The second-order valence-electron chi connectivity index (χ2n) is 5.73. The predicted molar refractivity (Wildman–Crippen MR) is 85.9 cm³/mol. The van der Waals surface area contributed by atoms with Gasteiger partial charge in [-0.15, -0.1) is 11.3 Å². The summed E-state index contributed by atoms with van der Waals surface area (Å²) in [5.41, 5.74) is 0. The molecule has 1 aliphatic rings.